The molecule has 0 aliphatic heterocycles. The van der Waals surface area contributed by atoms with Gasteiger partial charge < -0.3 is 14.8 Å². The predicted molar refractivity (Wildman–Crippen MR) is 94.9 cm³/mol. The van der Waals surface area contributed by atoms with E-state index in [-0.39, 0.29) is 0 Å². The third-order valence-electron chi connectivity index (χ3n) is 5.00. The number of aromatic nitrogens is 1. The van der Waals surface area contributed by atoms with Crippen LogP contribution in [0.4, 0.5) is 0 Å². The van der Waals surface area contributed by atoms with Crippen LogP contribution in [0, 0.1) is 17.8 Å². The molecule has 1 heterocycles. The molecule has 0 saturated heterocycles. The van der Waals surface area contributed by atoms with Crippen molar-refractivity contribution < 1.29 is 0 Å². The fourth-order valence-electron chi connectivity index (χ4n) is 3.40. The first-order chi connectivity index (χ1) is 10.6. The van der Waals surface area contributed by atoms with Crippen LogP contribution in [-0.2, 0) is 13.6 Å². The van der Waals surface area contributed by atoms with Crippen LogP contribution < -0.4 is 5.32 Å². The van der Waals surface area contributed by atoms with Crippen LogP contribution in [0.2, 0.25) is 0 Å². The third-order valence-corrected chi connectivity index (χ3v) is 5.43. The number of aryl methyl sites for hydroxylation is 1. The molecule has 0 spiro atoms. The van der Waals surface area contributed by atoms with Gasteiger partial charge in [-0.2, -0.15) is 0 Å². The minimum absolute atomic E-state index is 0.860. The number of aliphatic imine (C=N–C) groups is 1. The van der Waals surface area contributed by atoms with Gasteiger partial charge in [0.2, 0.25) is 0 Å². The van der Waals surface area contributed by atoms with Crippen molar-refractivity contribution in [3.63, 3.8) is 0 Å². The van der Waals surface area contributed by atoms with Gasteiger partial charge in [-0.25, -0.2) is 0 Å². The molecule has 3 rings (SSSR count). The van der Waals surface area contributed by atoms with E-state index in [2.05, 4.69) is 62.1 Å². The van der Waals surface area contributed by atoms with Crippen molar-refractivity contribution in [1.29, 1.82) is 0 Å². The second-order valence-electron chi connectivity index (χ2n) is 6.88. The second-order valence-corrected chi connectivity index (χ2v) is 7.80. The van der Waals surface area contributed by atoms with Crippen LogP contribution in [-0.4, -0.2) is 36.1 Å². The van der Waals surface area contributed by atoms with Gasteiger partial charge in [0.1, 0.15) is 0 Å². The molecule has 22 heavy (non-hydrogen) atoms. The molecule has 2 fully saturated rings. The Hall–Kier alpha value is -0.970. The number of halogens is 1. The summed E-state index contributed by atoms with van der Waals surface area (Å²) in [6.45, 7) is 1.95. The first kappa shape index (κ1) is 15.9. The van der Waals surface area contributed by atoms with E-state index in [0.717, 1.165) is 41.3 Å². The van der Waals surface area contributed by atoms with Crippen molar-refractivity contribution in [1.82, 2.24) is 14.8 Å². The molecule has 0 atom stereocenters. The minimum Gasteiger partial charge on any atom is -0.356 e. The molecule has 2 saturated carbocycles. The zero-order valence-electron chi connectivity index (χ0n) is 13.8. The average molecular weight is 367 g/mol. The van der Waals surface area contributed by atoms with E-state index in [9.17, 15) is 0 Å². The van der Waals surface area contributed by atoms with Gasteiger partial charge in [0.05, 0.1) is 6.54 Å². The Morgan fingerprint density at radius 1 is 1.41 bits per heavy atom. The summed E-state index contributed by atoms with van der Waals surface area (Å²) in [6.07, 6.45) is 7.85. The molecular formula is C17H27BrN4. The number of nitrogens with zero attached hydrogens (tertiary/aromatic N) is 3. The Morgan fingerprint density at radius 3 is 2.50 bits per heavy atom. The lowest BCUT2D eigenvalue weighted by Crippen LogP contribution is -2.41. The smallest absolute Gasteiger partial charge is 0.193 e. The summed E-state index contributed by atoms with van der Waals surface area (Å²) in [5.41, 5.74) is 1.28. The Kier molecular flexibility index (Phi) is 4.81. The van der Waals surface area contributed by atoms with Crippen molar-refractivity contribution in [2.75, 3.05) is 20.6 Å². The monoisotopic (exact) mass is 366 g/mol. The maximum Gasteiger partial charge on any atom is 0.193 e. The lowest BCUT2D eigenvalue weighted by atomic mass is 9.98. The average Bonchev–Trinajstić information content (AvgIpc) is 3.36. The van der Waals surface area contributed by atoms with Crippen molar-refractivity contribution in [3.05, 3.63) is 22.4 Å². The quantitative estimate of drug-likeness (QED) is 0.619. The molecule has 0 unspecified atom stereocenters. The van der Waals surface area contributed by atoms with E-state index in [1.54, 1.807) is 0 Å². The lowest BCUT2D eigenvalue weighted by molar-refractivity contribution is 0.385. The van der Waals surface area contributed by atoms with E-state index in [1.807, 2.05) is 7.05 Å². The molecule has 1 N–H and O–H groups in total. The zero-order valence-corrected chi connectivity index (χ0v) is 15.4. The van der Waals surface area contributed by atoms with Crippen molar-refractivity contribution in [3.8, 4) is 0 Å². The van der Waals surface area contributed by atoms with Crippen LogP contribution in [0.5, 0.6) is 0 Å². The highest BCUT2D eigenvalue weighted by atomic mass is 79.9. The molecule has 0 aromatic carbocycles. The maximum absolute atomic E-state index is 4.46. The van der Waals surface area contributed by atoms with Gasteiger partial charge >= 0.3 is 0 Å². The van der Waals surface area contributed by atoms with Crippen LogP contribution in [0.3, 0.4) is 0 Å². The number of nitrogens with one attached hydrogen (secondary N) is 1. The van der Waals surface area contributed by atoms with Crippen molar-refractivity contribution in [2.45, 2.75) is 32.2 Å². The summed E-state index contributed by atoms with van der Waals surface area (Å²) in [5, 5.41) is 3.61. The topological polar surface area (TPSA) is 32.6 Å². The summed E-state index contributed by atoms with van der Waals surface area (Å²) in [6, 6.07) is 2.17. The number of hydrogen-bond acceptors (Lipinski definition) is 1. The fraction of sp³-hybridized carbons (Fsp3) is 0.706. The van der Waals surface area contributed by atoms with Crippen LogP contribution in [0.15, 0.2) is 21.7 Å². The molecule has 0 bridgehead atoms. The molecule has 1 aromatic rings. The van der Waals surface area contributed by atoms with E-state index >= 15 is 0 Å². The molecule has 2 aliphatic rings. The molecule has 4 nitrogen and oxygen atoms in total. The first-order valence-electron chi connectivity index (χ1n) is 8.31. The van der Waals surface area contributed by atoms with Crippen molar-refractivity contribution >= 4 is 21.9 Å². The molecule has 5 heteroatoms. The Morgan fingerprint density at radius 2 is 2.05 bits per heavy atom. The maximum atomic E-state index is 4.46. The molecule has 1 aromatic heterocycles. The lowest BCUT2D eigenvalue weighted by Gasteiger charge is -2.25. The van der Waals surface area contributed by atoms with E-state index in [1.165, 1.54) is 31.4 Å². The molecule has 122 valence electrons. The van der Waals surface area contributed by atoms with E-state index < -0.39 is 0 Å². The summed E-state index contributed by atoms with van der Waals surface area (Å²) in [4.78, 5) is 6.67. The Balaban J connectivity index is 1.55. The summed E-state index contributed by atoms with van der Waals surface area (Å²) < 4.78 is 3.29. The van der Waals surface area contributed by atoms with E-state index in [0.29, 0.717) is 0 Å². The van der Waals surface area contributed by atoms with Gasteiger partial charge in [-0.05, 0) is 65.4 Å². The highest BCUT2D eigenvalue weighted by molar-refractivity contribution is 9.10. The Labute approximate surface area is 142 Å². The molecule has 0 amide bonds. The molecule has 2 aliphatic carbocycles. The minimum atomic E-state index is 0.860. The van der Waals surface area contributed by atoms with Crippen LogP contribution in [0.1, 0.15) is 31.4 Å². The molecule has 0 radical (unpaired) electrons. The highest BCUT2D eigenvalue weighted by Crippen LogP contribution is 2.48. The van der Waals surface area contributed by atoms with Gasteiger partial charge in [-0.1, -0.05) is 0 Å². The first-order valence-corrected chi connectivity index (χ1v) is 9.10. The zero-order chi connectivity index (χ0) is 15.7. The highest BCUT2D eigenvalue weighted by Gasteiger charge is 2.41. The normalized spacial score (nSPS) is 18.9. The van der Waals surface area contributed by atoms with Crippen molar-refractivity contribution in [2.24, 2.45) is 29.8 Å². The van der Waals surface area contributed by atoms with Gasteiger partial charge in [-0.3, -0.25) is 4.99 Å². The van der Waals surface area contributed by atoms with E-state index in [4.69, 9.17) is 0 Å². The molecular weight excluding hydrogens is 340 g/mol. The van der Waals surface area contributed by atoms with Gasteiger partial charge in [0.25, 0.3) is 0 Å². The van der Waals surface area contributed by atoms with Gasteiger partial charge in [-0.15, -0.1) is 0 Å². The number of guanidine groups is 1. The summed E-state index contributed by atoms with van der Waals surface area (Å²) in [7, 11) is 6.07. The summed E-state index contributed by atoms with van der Waals surface area (Å²) in [5.74, 6) is 3.83. The standard InChI is InChI=1S/C17H27BrN4/c1-19-17(20-9-16(12-4-5-12)13-6-7-13)22(3)11-15-8-14(18)10-21(15)2/h8,10,12-13,16H,4-7,9,11H2,1-3H3,(H,19,20). The summed E-state index contributed by atoms with van der Waals surface area (Å²) >= 11 is 3.54. The SMILES string of the molecule is CN=C(NCC(C1CC1)C1CC1)N(C)Cc1cc(Br)cn1C. The largest absolute Gasteiger partial charge is 0.356 e. The second kappa shape index (κ2) is 6.65. The van der Waals surface area contributed by atoms with Gasteiger partial charge in [0.15, 0.2) is 5.96 Å². The fourth-order valence-corrected chi connectivity index (χ4v) is 3.97. The Bertz CT molecular complexity index is 531. The third kappa shape index (κ3) is 3.86. The van der Waals surface area contributed by atoms with Crippen LogP contribution in [0.25, 0.3) is 0 Å². The van der Waals surface area contributed by atoms with Crippen LogP contribution >= 0.6 is 15.9 Å². The number of hydrogen-bond donors (Lipinski definition) is 1. The predicted octanol–water partition coefficient (Wildman–Crippen LogP) is 3.23. The van der Waals surface area contributed by atoms with Gasteiger partial charge in [0, 0.05) is 44.1 Å². The number of rotatable bonds is 6.